The van der Waals surface area contributed by atoms with Gasteiger partial charge < -0.3 is 20.1 Å². The van der Waals surface area contributed by atoms with Crippen LogP contribution in [-0.4, -0.2) is 47.5 Å². The number of carbonyl (C=O) groups is 2. The Balaban J connectivity index is 1.55. The van der Waals surface area contributed by atoms with E-state index in [1.807, 2.05) is 0 Å². The van der Waals surface area contributed by atoms with Gasteiger partial charge in [0.15, 0.2) is 0 Å². The van der Waals surface area contributed by atoms with Crippen molar-refractivity contribution in [3.8, 4) is 0 Å². The van der Waals surface area contributed by atoms with E-state index in [1.165, 1.54) is 41.5 Å². The number of likely N-dealkylation sites (tertiary alicyclic amines) is 1. The summed E-state index contributed by atoms with van der Waals surface area (Å²) in [4.78, 5) is 39.0. The van der Waals surface area contributed by atoms with Gasteiger partial charge in [-0.15, -0.1) is 0 Å². The first-order chi connectivity index (χ1) is 14.4. The first-order valence-corrected chi connectivity index (χ1v) is 10.1. The molecule has 8 heteroatoms. The highest BCUT2D eigenvalue weighted by atomic mass is 19.1. The zero-order valence-electron chi connectivity index (χ0n) is 17.1. The van der Waals surface area contributed by atoms with E-state index >= 15 is 0 Å². The van der Waals surface area contributed by atoms with Gasteiger partial charge in [-0.2, -0.15) is 0 Å². The Morgan fingerprint density at radius 3 is 2.60 bits per heavy atom. The summed E-state index contributed by atoms with van der Waals surface area (Å²) in [6, 6.07) is 8.86. The van der Waals surface area contributed by atoms with E-state index in [1.54, 1.807) is 12.1 Å². The minimum Gasteiger partial charge on any atom is -0.350 e. The average molecular weight is 414 g/mol. The fourth-order valence-electron chi connectivity index (χ4n) is 3.52. The molecular formula is C22H27FN4O3. The summed E-state index contributed by atoms with van der Waals surface area (Å²) in [5.41, 5.74) is 0.716. The molecule has 0 bridgehead atoms. The minimum atomic E-state index is -0.372. The smallest absolute Gasteiger partial charge is 0.252 e. The van der Waals surface area contributed by atoms with Crippen molar-refractivity contribution in [2.24, 2.45) is 0 Å². The molecular weight excluding hydrogens is 387 g/mol. The summed E-state index contributed by atoms with van der Waals surface area (Å²) in [7, 11) is 2.06. The van der Waals surface area contributed by atoms with Gasteiger partial charge in [-0.05, 0) is 50.2 Å². The van der Waals surface area contributed by atoms with Crippen LogP contribution in [0.25, 0.3) is 0 Å². The molecule has 30 heavy (non-hydrogen) atoms. The van der Waals surface area contributed by atoms with Crippen molar-refractivity contribution < 1.29 is 14.0 Å². The Hall–Kier alpha value is -3.00. The lowest BCUT2D eigenvalue weighted by Gasteiger charge is -2.32. The highest BCUT2D eigenvalue weighted by Crippen LogP contribution is 2.14. The topological polar surface area (TPSA) is 83.4 Å². The molecule has 3 rings (SSSR count). The minimum absolute atomic E-state index is 0.202. The van der Waals surface area contributed by atoms with Gasteiger partial charge in [-0.25, -0.2) is 4.39 Å². The molecule has 0 saturated carbocycles. The first kappa shape index (κ1) is 21.7. The number of benzene rings is 1. The second-order valence-electron chi connectivity index (χ2n) is 7.63. The third-order valence-electron chi connectivity index (χ3n) is 5.38. The van der Waals surface area contributed by atoms with Gasteiger partial charge in [-0.3, -0.25) is 14.4 Å². The molecule has 2 amide bonds. The third-order valence-corrected chi connectivity index (χ3v) is 5.38. The van der Waals surface area contributed by atoms with Gasteiger partial charge in [0.05, 0.1) is 5.56 Å². The lowest BCUT2D eigenvalue weighted by molar-refractivity contribution is -0.121. The summed E-state index contributed by atoms with van der Waals surface area (Å²) in [6.45, 7) is 1.60. The predicted octanol–water partition coefficient (Wildman–Crippen LogP) is 1.52. The molecule has 1 aromatic carbocycles. The van der Waals surface area contributed by atoms with Crippen molar-refractivity contribution in [2.45, 2.75) is 38.4 Å². The van der Waals surface area contributed by atoms with E-state index in [9.17, 15) is 18.8 Å². The van der Waals surface area contributed by atoms with E-state index < -0.39 is 0 Å². The van der Waals surface area contributed by atoms with Crippen molar-refractivity contribution in [3.05, 3.63) is 69.9 Å². The number of hydrogen-bond donors (Lipinski definition) is 2. The first-order valence-electron chi connectivity index (χ1n) is 10.1. The maximum atomic E-state index is 12.9. The highest BCUT2D eigenvalue weighted by Gasteiger charge is 2.19. The van der Waals surface area contributed by atoms with Crippen LogP contribution in [0.3, 0.4) is 0 Å². The van der Waals surface area contributed by atoms with Crippen LogP contribution in [0.2, 0.25) is 0 Å². The maximum Gasteiger partial charge on any atom is 0.252 e. The number of carbonyl (C=O) groups excluding carboxylic acids is 2. The van der Waals surface area contributed by atoms with Crippen molar-refractivity contribution in [1.82, 2.24) is 20.1 Å². The lowest BCUT2D eigenvalue weighted by atomic mass is 10.0. The summed E-state index contributed by atoms with van der Waals surface area (Å²) in [5.74, 6) is -0.987. The fourth-order valence-corrected chi connectivity index (χ4v) is 3.52. The Labute approximate surface area is 174 Å². The molecule has 7 nitrogen and oxygen atoms in total. The molecule has 1 saturated heterocycles. The second-order valence-corrected chi connectivity index (χ2v) is 7.63. The van der Waals surface area contributed by atoms with E-state index in [2.05, 4.69) is 22.6 Å². The number of likely N-dealkylation sites (N-methyl/N-ethyl adjacent to an activating group) is 1. The number of pyridine rings is 1. The van der Waals surface area contributed by atoms with E-state index in [0.717, 1.165) is 24.9 Å². The van der Waals surface area contributed by atoms with Crippen molar-refractivity contribution in [1.29, 1.82) is 0 Å². The van der Waals surface area contributed by atoms with Crippen LogP contribution in [0.5, 0.6) is 0 Å². The standard InChI is InChI=1S/C22H27FN4O3/c1-26-11-3-2-4-19(26)13-25-22(30)17-7-10-21(29)27(14-17)15-20(28)24-12-16-5-8-18(23)9-6-16/h5-10,14,19H,2-4,11-13,15H2,1H3,(H,24,28)(H,25,30)/t19-/m0/s1. The normalized spacial score (nSPS) is 16.8. The number of hydrogen-bond acceptors (Lipinski definition) is 4. The van der Waals surface area contributed by atoms with Crippen LogP contribution in [0.4, 0.5) is 4.39 Å². The van der Waals surface area contributed by atoms with Crippen LogP contribution in [0, 0.1) is 5.82 Å². The molecule has 2 N–H and O–H groups in total. The molecule has 2 aromatic rings. The van der Waals surface area contributed by atoms with Gasteiger partial charge in [0.25, 0.3) is 11.5 Å². The van der Waals surface area contributed by atoms with E-state index in [0.29, 0.717) is 18.2 Å². The van der Waals surface area contributed by atoms with Crippen molar-refractivity contribution in [3.63, 3.8) is 0 Å². The predicted molar refractivity (Wildman–Crippen MR) is 112 cm³/mol. The molecule has 2 heterocycles. The Morgan fingerprint density at radius 2 is 1.87 bits per heavy atom. The van der Waals surface area contributed by atoms with Crippen LogP contribution < -0.4 is 16.2 Å². The largest absolute Gasteiger partial charge is 0.350 e. The quantitative estimate of drug-likeness (QED) is 0.720. The Kier molecular flexibility index (Phi) is 7.35. The SMILES string of the molecule is CN1CCCC[C@H]1CNC(=O)c1ccc(=O)n(CC(=O)NCc2ccc(F)cc2)c1. The maximum absolute atomic E-state index is 12.9. The number of rotatable bonds is 7. The van der Waals surface area contributed by atoms with Crippen LogP contribution in [0.1, 0.15) is 35.2 Å². The summed E-state index contributed by atoms with van der Waals surface area (Å²) >= 11 is 0. The van der Waals surface area contributed by atoms with Crippen LogP contribution in [-0.2, 0) is 17.9 Å². The zero-order valence-corrected chi connectivity index (χ0v) is 17.1. The summed E-state index contributed by atoms with van der Waals surface area (Å²) in [5, 5.41) is 5.61. The number of halogens is 1. The Morgan fingerprint density at radius 1 is 1.10 bits per heavy atom. The Bertz CT molecular complexity index is 942. The highest BCUT2D eigenvalue weighted by molar-refractivity contribution is 5.93. The lowest BCUT2D eigenvalue weighted by Crippen LogP contribution is -2.44. The van der Waals surface area contributed by atoms with E-state index in [4.69, 9.17) is 0 Å². The van der Waals surface area contributed by atoms with Gasteiger partial charge in [0.1, 0.15) is 12.4 Å². The molecule has 0 aliphatic carbocycles. The van der Waals surface area contributed by atoms with Gasteiger partial charge in [0, 0.05) is 31.4 Å². The van der Waals surface area contributed by atoms with Crippen LogP contribution in [0.15, 0.2) is 47.4 Å². The number of piperidine rings is 1. The molecule has 1 aliphatic heterocycles. The number of aromatic nitrogens is 1. The zero-order chi connectivity index (χ0) is 21.5. The average Bonchev–Trinajstić information content (AvgIpc) is 2.74. The molecule has 1 aromatic heterocycles. The fraction of sp³-hybridized carbons (Fsp3) is 0.409. The monoisotopic (exact) mass is 414 g/mol. The molecule has 0 spiro atoms. The van der Waals surface area contributed by atoms with Crippen molar-refractivity contribution >= 4 is 11.8 Å². The summed E-state index contributed by atoms with van der Waals surface area (Å²) < 4.78 is 14.1. The molecule has 0 unspecified atom stereocenters. The molecule has 160 valence electrons. The number of nitrogens with zero attached hydrogens (tertiary/aromatic N) is 2. The second kappa shape index (κ2) is 10.2. The number of nitrogens with one attached hydrogen (secondary N) is 2. The third kappa shape index (κ3) is 6.00. The van der Waals surface area contributed by atoms with Gasteiger partial charge in [-0.1, -0.05) is 18.6 Å². The van der Waals surface area contributed by atoms with Crippen molar-refractivity contribution in [2.75, 3.05) is 20.1 Å². The molecule has 1 aliphatic rings. The van der Waals surface area contributed by atoms with Gasteiger partial charge in [0.2, 0.25) is 5.91 Å². The molecule has 1 atom stereocenters. The summed E-state index contributed by atoms with van der Waals surface area (Å²) in [6.07, 6.45) is 4.78. The molecule has 1 fully saturated rings. The van der Waals surface area contributed by atoms with Gasteiger partial charge >= 0.3 is 0 Å². The molecule has 0 radical (unpaired) electrons. The number of amides is 2. The van der Waals surface area contributed by atoms with E-state index in [-0.39, 0.29) is 36.3 Å². The van der Waals surface area contributed by atoms with Crippen LogP contribution >= 0.6 is 0 Å².